The highest BCUT2D eigenvalue weighted by Gasteiger charge is 2.25. The Kier molecular flexibility index (Phi) is 11.4. The van der Waals surface area contributed by atoms with Crippen molar-refractivity contribution >= 4 is 40.7 Å². The molecule has 1 aliphatic rings. The van der Waals surface area contributed by atoms with Gasteiger partial charge in [-0.3, -0.25) is 9.20 Å². The number of nitrogens with zero attached hydrogens (tertiary/aromatic N) is 3. The third-order valence-corrected chi connectivity index (χ3v) is 6.45. The zero-order valence-electron chi connectivity index (χ0n) is 16.9. The lowest BCUT2D eigenvalue weighted by molar-refractivity contribution is 0.368. The highest BCUT2D eigenvalue weighted by Crippen LogP contribution is 2.22. The third kappa shape index (κ3) is 8.05. The van der Waals surface area contributed by atoms with Gasteiger partial charge in [-0.25, -0.2) is 0 Å². The van der Waals surface area contributed by atoms with Gasteiger partial charge in [0.05, 0.1) is 0 Å². The molecule has 0 aromatic carbocycles. The van der Waals surface area contributed by atoms with Crippen LogP contribution in [0.2, 0.25) is 0 Å². The lowest BCUT2D eigenvalue weighted by Gasteiger charge is -2.30. The van der Waals surface area contributed by atoms with E-state index in [9.17, 15) is 4.21 Å². The molecule has 1 aliphatic carbocycles. The van der Waals surface area contributed by atoms with Crippen LogP contribution in [0.25, 0.3) is 0 Å². The largest absolute Gasteiger partial charge is 0.356 e. The van der Waals surface area contributed by atoms with Gasteiger partial charge in [0.2, 0.25) is 5.89 Å². The second-order valence-corrected chi connectivity index (χ2v) is 9.11. The molecular weight excluding hydrogens is 477 g/mol. The Morgan fingerprint density at radius 3 is 2.81 bits per heavy atom. The quantitative estimate of drug-likeness (QED) is 0.241. The maximum absolute atomic E-state index is 12.1. The molecular formula is C18H34IN5O2S. The standard InChI is InChI=1S/C18H33N5O2S.HI/c1-5-26(24)15-9-6-8-14(12-15)21-18(19-4)20-11-7-10-16-22-17(13(2)3)23-25-16;/h13-15H,5-12H2,1-4H3,(H2,19,20,21);1H. The van der Waals surface area contributed by atoms with Gasteiger partial charge in [0.15, 0.2) is 11.8 Å². The van der Waals surface area contributed by atoms with E-state index in [1.807, 2.05) is 6.92 Å². The Bertz CT molecular complexity index is 608. The molecule has 3 unspecified atom stereocenters. The van der Waals surface area contributed by atoms with Crippen molar-refractivity contribution in [2.75, 3.05) is 19.3 Å². The van der Waals surface area contributed by atoms with Crippen LogP contribution >= 0.6 is 24.0 Å². The van der Waals surface area contributed by atoms with Gasteiger partial charge in [-0.05, 0) is 25.7 Å². The van der Waals surface area contributed by atoms with Crippen molar-refractivity contribution in [2.45, 2.75) is 76.5 Å². The van der Waals surface area contributed by atoms with Gasteiger partial charge in [0, 0.05) is 53.8 Å². The summed E-state index contributed by atoms with van der Waals surface area (Å²) in [7, 11) is 1.08. The Morgan fingerprint density at radius 2 is 2.19 bits per heavy atom. The smallest absolute Gasteiger partial charge is 0.226 e. The summed E-state index contributed by atoms with van der Waals surface area (Å²) in [6.45, 7) is 6.90. The van der Waals surface area contributed by atoms with E-state index in [1.165, 1.54) is 0 Å². The molecule has 2 rings (SSSR count). The van der Waals surface area contributed by atoms with Crippen LogP contribution in [0.1, 0.15) is 70.5 Å². The topological polar surface area (TPSA) is 92.4 Å². The van der Waals surface area contributed by atoms with Gasteiger partial charge < -0.3 is 15.2 Å². The summed E-state index contributed by atoms with van der Waals surface area (Å²) < 4.78 is 17.3. The summed E-state index contributed by atoms with van der Waals surface area (Å²) in [5, 5.41) is 11.1. The van der Waals surface area contributed by atoms with Crippen molar-refractivity contribution < 1.29 is 8.73 Å². The van der Waals surface area contributed by atoms with E-state index in [1.54, 1.807) is 7.05 Å². The van der Waals surface area contributed by atoms with Crippen LogP contribution in [0.5, 0.6) is 0 Å². The second-order valence-electron chi connectivity index (χ2n) is 7.10. The third-order valence-electron chi connectivity index (χ3n) is 4.71. The van der Waals surface area contributed by atoms with Gasteiger partial charge >= 0.3 is 0 Å². The number of aryl methyl sites for hydroxylation is 1. The molecule has 0 amide bonds. The summed E-state index contributed by atoms with van der Waals surface area (Å²) in [6, 6.07) is 0.347. The first-order valence-electron chi connectivity index (χ1n) is 9.70. The van der Waals surface area contributed by atoms with Crippen LogP contribution in [0.3, 0.4) is 0 Å². The molecule has 1 fully saturated rings. The van der Waals surface area contributed by atoms with E-state index in [0.717, 1.165) is 62.6 Å². The summed E-state index contributed by atoms with van der Waals surface area (Å²) in [6.07, 6.45) is 5.92. The minimum Gasteiger partial charge on any atom is -0.356 e. The van der Waals surface area contributed by atoms with E-state index in [4.69, 9.17) is 4.52 Å². The number of aliphatic imine (C=N–C) groups is 1. The van der Waals surface area contributed by atoms with Crippen LogP contribution in [-0.2, 0) is 17.2 Å². The number of nitrogens with one attached hydrogen (secondary N) is 2. The van der Waals surface area contributed by atoms with E-state index in [0.29, 0.717) is 17.2 Å². The average molecular weight is 511 g/mol. The summed E-state index contributed by atoms with van der Waals surface area (Å²) in [5.41, 5.74) is 0. The van der Waals surface area contributed by atoms with Crippen molar-refractivity contribution in [3.8, 4) is 0 Å². The van der Waals surface area contributed by atoms with Crippen LogP contribution < -0.4 is 10.6 Å². The predicted molar refractivity (Wildman–Crippen MR) is 121 cm³/mol. The minimum atomic E-state index is -0.704. The van der Waals surface area contributed by atoms with Gasteiger partial charge in [-0.2, -0.15) is 4.98 Å². The predicted octanol–water partition coefficient (Wildman–Crippen LogP) is 2.99. The maximum Gasteiger partial charge on any atom is 0.226 e. The molecule has 0 bridgehead atoms. The molecule has 0 saturated heterocycles. The molecule has 0 aliphatic heterocycles. The molecule has 9 heteroatoms. The lowest BCUT2D eigenvalue weighted by atomic mass is 9.95. The molecule has 27 heavy (non-hydrogen) atoms. The molecule has 2 N–H and O–H groups in total. The summed E-state index contributed by atoms with van der Waals surface area (Å²) in [5.74, 6) is 3.30. The molecule has 0 spiro atoms. The lowest BCUT2D eigenvalue weighted by Crippen LogP contribution is -2.46. The number of halogens is 1. The van der Waals surface area contributed by atoms with Gasteiger partial charge in [0.25, 0.3) is 0 Å². The Hall–Kier alpha value is -0.710. The first kappa shape index (κ1) is 24.3. The summed E-state index contributed by atoms with van der Waals surface area (Å²) >= 11 is 0. The molecule has 1 heterocycles. The monoisotopic (exact) mass is 511 g/mol. The van der Waals surface area contributed by atoms with Crippen LogP contribution in [-0.4, -0.2) is 50.9 Å². The molecule has 3 atom stereocenters. The summed E-state index contributed by atoms with van der Waals surface area (Å²) in [4.78, 5) is 8.70. The maximum atomic E-state index is 12.1. The number of hydrogen-bond donors (Lipinski definition) is 2. The normalized spacial score (nSPS) is 21.6. The molecule has 1 saturated carbocycles. The van der Waals surface area contributed by atoms with Crippen LogP contribution in [0.15, 0.2) is 9.52 Å². The molecule has 1 aromatic heterocycles. The zero-order valence-corrected chi connectivity index (χ0v) is 20.0. The molecule has 0 radical (unpaired) electrons. The van der Waals surface area contributed by atoms with E-state index >= 15 is 0 Å². The fraction of sp³-hybridized carbons (Fsp3) is 0.833. The SMILES string of the molecule is CCS(=O)C1CCCC(NC(=NC)NCCCc2nc(C(C)C)no2)C1.I. The van der Waals surface area contributed by atoms with Crippen molar-refractivity contribution in [2.24, 2.45) is 4.99 Å². The van der Waals surface area contributed by atoms with E-state index in [2.05, 4.69) is 39.6 Å². The van der Waals surface area contributed by atoms with Crippen molar-refractivity contribution in [1.29, 1.82) is 0 Å². The number of guanidine groups is 1. The van der Waals surface area contributed by atoms with Gasteiger partial charge in [-0.1, -0.05) is 32.3 Å². The number of aromatic nitrogens is 2. The first-order chi connectivity index (χ1) is 12.5. The fourth-order valence-corrected chi connectivity index (χ4v) is 4.54. The second kappa shape index (κ2) is 12.7. The minimum absolute atomic E-state index is 0. The van der Waals surface area contributed by atoms with Crippen molar-refractivity contribution in [3.05, 3.63) is 11.7 Å². The van der Waals surface area contributed by atoms with Crippen molar-refractivity contribution in [1.82, 2.24) is 20.8 Å². The van der Waals surface area contributed by atoms with Gasteiger partial charge in [0.1, 0.15) is 0 Å². The first-order valence-corrected chi connectivity index (χ1v) is 11.1. The Balaban J connectivity index is 0.00000364. The highest BCUT2D eigenvalue weighted by atomic mass is 127. The molecule has 7 nitrogen and oxygen atoms in total. The Labute approximate surface area is 182 Å². The van der Waals surface area contributed by atoms with Crippen molar-refractivity contribution in [3.63, 3.8) is 0 Å². The average Bonchev–Trinajstić information content (AvgIpc) is 3.13. The van der Waals surface area contributed by atoms with E-state index < -0.39 is 10.8 Å². The molecule has 1 aromatic rings. The highest BCUT2D eigenvalue weighted by molar-refractivity contribution is 14.0. The fourth-order valence-electron chi connectivity index (χ4n) is 3.19. The number of hydrogen-bond acceptors (Lipinski definition) is 5. The van der Waals surface area contributed by atoms with Crippen LogP contribution in [0, 0.1) is 0 Å². The van der Waals surface area contributed by atoms with Crippen LogP contribution in [0.4, 0.5) is 0 Å². The molecule has 156 valence electrons. The number of rotatable bonds is 8. The Morgan fingerprint density at radius 1 is 1.41 bits per heavy atom. The zero-order chi connectivity index (χ0) is 18.9. The van der Waals surface area contributed by atoms with E-state index in [-0.39, 0.29) is 29.9 Å². The van der Waals surface area contributed by atoms with Gasteiger partial charge in [-0.15, -0.1) is 24.0 Å².